The molecule has 1 aromatic heterocycles. The second kappa shape index (κ2) is 4.17. The molecule has 2 rings (SSSR count). The molecule has 0 saturated heterocycles. The molecule has 0 bridgehead atoms. The summed E-state index contributed by atoms with van der Waals surface area (Å²) in [6.45, 7) is 3.79. The lowest BCUT2D eigenvalue weighted by Crippen LogP contribution is -2.36. The fourth-order valence-corrected chi connectivity index (χ4v) is 2.09. The Morgan fingerprint density at radius 1 is 1.41 bits per heavy atom. The quantitative estimate of drug-likeness (QED) is 0.860. The number of aromatic nitrogens is 1. The van der Waals surface area contributed by atoms with Crippen molar-refractivity contribution >= 4 is 22.5 Å². The van der Waals surface area contributed by atoms with Gasteiger partial charge in [-0.25, -0.2) is 0 Å². The van der Waals surface area contributed by atoms with E-state index in [9.17, 15) is 4.79 Å². The van der Waals surface area contributed by atoms with Gasteiger partial charge in [-0.3, -0.25) is 4.79 Å². The number of halogens is 1. The molecule has 17 heavy (non-hydrogen) atoms. The summed E-state index contributed by atoms with van der Waals surface area (Å²) >= 11 is 6.02. The van der Waals surface area contributed by atoms with Gasteiger partial charge in [-0.1, -0.05) is 23.7 Å². The standard InChI is InChI=1S/C13H15ClN2O/c1-13(2,15)7-9-6-8-4-3-5-10(14)11(8)16-12(9)17/h3-6H,7,15H2,1-2H3,(H,16,17). The van der Waals surface area contributed by atoms with Crippen LogP contribution >= 0.6 is 11.6 Å². The largest absolute Gasteiger partial charge is 0.325 e. The fraction of sp³-hybridized carbons (Fsp3) is 0.308. The van der Waals surface area contributed by atoms with Crippen LogP contribution in [-0.2, 0) is 6.42 Å². The Morgan fingerprint density at radius 2 is 2.12 bits per heavy atom. The first kappa shape index (κ1) is 12.1. The number of pyridine rings is 1. The molecule has 1 aromatic carbocycles. The van der Waals surface area contributed by atoms with Gasteiger partial charge in [0.2, 0.25) is 0 Å². The zero-order valence-electron chi connectivity index (χ0n) is 9.88. The average Bonchev–Trinajstić information content (AvgIpc) is 2.19. The van der Waals surface area contributed by atoms with E-state index in [1.807, 2.05) is 32.0 Å². The maximum absolute atomic E-state index is 11.9. The van der Waals surface area contributed by atoms with Gasteiger partial charge >= 0.3 is 0 Å². The summed E-state index contributed by atoms with van der Waals surface area (Å²) in [6, 6.07) is 7.39. The van der Waals surface area contributed by atoms with Crippen molar-refractivity contribution in [3.63, 3.8) is 0 Å². The summed E-state index contributed by atoms with van der Waals surface area (Å²) < 4.78 is 0. The highest BCUT2D eigenvalue weighted by Gasteiger charge is 2.15. The van der Waals surface area contributed by atoms with Gasteiger partial charge in [0, 0.05) is 16.5 Å². The van der Waals surface area contributed by atoms with Crippen molar-refractivity contribution in [2.24, 2.45) is 5.73 Å². The Balaban J connectivity index is 2.61. The molecule has 4 heteroatoms. The maximum Gasteiger partial charge on any atom is 0.251 e. The molecule has 0 aliphatic heterocycles. The molecular formula is C13H15ClN2O. The summed E-state index contributed by atoms with van der Waals surface area (Å²) in [7, 11) is 0. The van der Waals surface area contributed by atoms with Crippen LogP contribution in [-0.4, -0.2) is 10.5 Å². The highest BCUT2D eigenvalue weighted by atomic mass is 35.5. The van der Waals surface area contributed by atoms with Crippen molar-refractivity contribution in [1.82, 2.24) is 4.98 Å². The first-order chi connectivity index (χ1) is 7.87. The number of para-hydroxylation sites is 1. The van der Waals surface area contributed by atoms with E-state index >= 15 is 0 Å². The van der Waals surface area contributed by atoms with Gasteiger partial charge < -0.3 is 10.7 Å². The Labute approximate surface area is 105 Å². The molecule has 0 saturated carbocycles. The average molecular weight is 251 g/mol. The van der Waals surface area contributed by atoms with Crippen LogP contribution < -0.4 is 11.3 Å². The molecular weight excluding hydrogens is 236 g/mol. The third kappa shape index (κ3) is 2.68. The van der Waals surface area contributed by atoms with E-state index in [0.717, 1.165) is 5.39 Å². The summed E-state index contributed by atoms with van der Waals surface area (Å²) in [6.07, 6.45) is 0.533. The lowest BCUT2D eigenvalue weighted by atomic mass is 9.96. The van der Waals surface area contributed by atoms with Gasteiger partial charge in [-0.2, -0.15) is 0 Å². The molecule has 90 valence electrons. The van der Waals surface area contributed by atoms with Crippen molar-refractivity contribution in [3.05, 3.63) is 45.2 Å². The number of hydrogen-bond acceptors (Lipinski definition) is 2. The Kier molecular flexibility index (Phi) is 2.98. The van der Waals surface area contributed by atoms with Gasteiger partial charge in [0.25, 0.3) is 5.56 Å². The van der Waals surface area contributed by atoms with Crippen LogP contribution in [0.25, 0.3) is 10.9 Å². The van der Waals surface area contributed by atoms with Crippen LogP contribution in [0.4, 0.5) is 0 Å². The highest BCUT2D eigenvalue weighted by molar-refractivity contribution is 6.35. The molecule has 0 radical (unpaired) electrons. The number of rotatable bonds is 2. The molecule has 0 fully saturated rings. The van der Waals surface area contributed by atoms with Crippen LogP contribution in [0.2, 0.25) is 5.02 Å². The van der Waals surface area contributed by atoms with E-state index in [-0.39, 0.29) is 5.56 Å². The Bertz CT molecular complexity index is 611. The predicted octanol–water partition coefficient (Wildman–Crippen LogP) is 2.46. The van der Waals surface area contributed by atoms with Gasteiger partial charge in [0.15, 0.2) is 0 Å². The van der Waals surface area contributed by atoms with Crippen molar-refractivity contribution < 1.29 is 0 Å². The fourth-order valence-electron chi connectivity index (χ4n) is 1.86. The minimum atomic E-state index is -0.404. The first-order valence-corrected chi connectivity index (χ1v) is 5.84. The molecule has 0 amide bonds. The zero-order chi connectivity index (χ0) is 12.6. The van der Waals surface area contributed by atoms with Crippen molar-refractivity contribution in [3.8, 4) is 0 Å². The van der Waals surface area contributed by atoms with Crippen LogP contribution in [0.15, 0.2) is 29.1 Å². The van der Waals surface area contributed by atoms with Crippen molar-refractivity contribution in [1.29, 1.82) is 0 Å². The molecule has 0 spiro atoms. The number of H-pyrrole nitrogens is 1. The first-order valence-electron chi connectivity index (χ1n) is 5.46. The van der Waals surface area contributed by atoms with E-state index in [4.69, 9.17) is 17.3 Å². The van der Waals surface area contributed by atoms with Crippen molar-refractivity contribution in [2.75, 3.05) is 0 Å². The molecule has 0 aliphatic carbocycles. The Morgan fingerprint density at radius 3 is 2.76 bits per heavy atom. The summed E-state index contributed by atoms with van der Waals surface area (Å²) in [5.41, 5.74) is 6.77. The number of nitrogens with two attached hydrogens (primary N) is 1. The van der Waals surface area contributed by atoms with Gasteiger partial charge in [0.05, 0.1) is 10.5 Å². The third-order valence-corrected chi connectivity index (χ3v) is 2.87. The summed E-state index contributed by atoms with van der Waals surface area (Å²) in [5.74, 6) is 0. The number of benzene rings is 1. The molecule has 2 aromatic rings. The molecule has 0 aliphatic rings. The third-order valence-electron chi connectivity index (χ3n) is 2.55. The normalized spacial score (nSPS) is 12.0. The van der Waals surface area contributed by atoms with Crippen LogP contribution in [0.1, 0.15) is 19.4 Å². The second-order valence-electron chi connectivity index (χ2n) is 4.99. The molecule has 3 nitrogen and oxygen atoms in total. The SMILES string of the molecule is CC(C)(N)Cc1cc2cccc(Cl)c2[nH]c1=O. The monoisotopic (exact) mass is 250 g/mol. The van der Waals surface area contributed by atoms with E-state index in [1.54, 1.807) is 6.07 Å². The zero-order valence-corrected chi connectivity index (χ0v) is 10.6. The Hall–Kier alpha value is -1.32. The van der Waals surface area contributed by atoms with Gasteiger partial charge in [-0.15, -0.1) is 0 Å². The van der Waals surface area contributed by atoms with Gasteiger partial charge in [0.1, 0.15) is 0 Å². The minimum absolute atomic E-state index is 0.121. The molecule has 0 atom stereocenters. The molecule has 1 heterocycles. The summed E-state index contributed by atoms with van der Waals surface area (Å²) in [5, 5.41) is 1.48. The number of aromatic amines is 1. The second-order valence-corrected chi connectivity index (χ2v) is 5.40. The van der Waals surface area contributed by atoms with Gasteiger partial charge in [-0.05, 0) is 32.4 Å². The highest BCUT2D eigenvalue weighted by Crippen LogP contribution is 2.21. The number of nitrogens with one attached hydrogen (secondary N) is 1. The number of fused-ring (bicyclic) bond motifs is 1. The van der Waals surface area contributed by atoms with Crippen molar-refractivity contribution in [2.45, 2.75) is 25.8 Å². The molecule has 0 unspecified atom stereocenters. The summed E-state index contributed by atoms with van der Waals surface area (Å²) in [4.78, 5) is 14.7. The van der Waals surface area contributed by atoms with Crippen LogP contribution in [0.5, 0.6) is 0 Å². The predicted molar refractivity (Wildman–Crippen MR) is 71.5 cm³/mol. The van der Waals surface area contributed by atoms with E-state index in [0.29, 0.717) is 22.5 Å². The minimum Gasteiger partial charge on any atom is -0.325 e. The smallest absolute Gasteiger partial charge is 0.251 e. The van der Waals surface area contributed by atoms with Crippen LogP contribution in [0, 0.1) is 0 Å². The lowest BCUT2D eigenvalue weighted by Gasteiger charge is -2.17. The van der Waals surface area contributed by atoms with E-state index in [2.05, 4.69) is 4.98 Å². The van der Waals surface area contributed by atoms with E-state index in [1.165, 1.54) is 0 Å². The molecule has 3 N–H and O–H groups in total. The van der Waals surface area contributed by atoms with E-state index < -0.39 is 5.54 Å². The number of hydrogen-bond donors (Lipinski definition) is 2. The van der Waals surface area contributed by atoms with Crippen LogP contribution in [0.3, 0.4) is 0 Å². The lowest BCUT2D eigenvalue weighted by molar-refractivity contribution is 0.514. The topological polar surface area (TPSA) is 58.9 Å². The maximum atomic E-state index is 11.9.